The van der Waals surface area contributed by atoms with Gasteiger partial charge in [0.15, 0.2) is 0 Å². The number of carbonyl (C=O) groups is 2. The number of aldehydes is 2. The summed E-state index contributed by atoms with van der Waals surface area (Å²) in [6.45, 7) is 2.00. The fraction of sp³-hybridized carbons (Fsp3) is 0.300. The minimum Gasteiger partial charge on any atom is -0.298 e. The summed E-state index contributed by atoms with van der Waals surface area (Å²) in [5.74, 6) is 0. The molecule has 0 radical (unpaired) electrons. The predicted molar refractivity (Wildman–Crippen MR) is 89.9 cm³/mol. The maximum absolute atomic E-state index is 12.5. The topological polar surface area (TPSA) is 34.1 Å². The lowest BCUT2D eigenvalue weighted by Crippen LogP contribution is -2.11. The maximum atomic E-state index is 12.5. The molecule has 2 aromatic rings. The Bertz CT molecular complexity index is 732. The van der Waals surface area contributed by atoms with Gasteiger partial charge in [0.1, 0.15) is 12.6 Å². The molecule has 0 bridgehead atoms. The number of halogens is 3. The highest BCUT2D eigenvalue weighted by Crippen LogP contribution is 2.52. The summed E-state index contributed by atoms with van der Waals surface area (Å²) in [7, 11) is 0. The molecule has 0 N–H and O–H groups in total. The van der Waals surface area contributed by atoms with Gasteiger partial charge < -0.3 is 0 Å². The van der Waals surface area contributed by atoms with Crippen molar-refractivity contribution in [3.63, 3.8) is 0 Å². The van der Waals surface area contributed by atoms with Gasteiger partial charge in [0.25, 0.3) is 0 Å². The molecule has 2 aromatic carbocycles. The van der Waals surface area contributed by atoms with Crippen LogP contribution in [-0.2, 0) is 11.6 Å². The zero-order valence-electron chi connectivity index (χ0n) is 13.8. The molecule has 1 aliphatic carbocycles. The Labute approximate surface area is 144 Å². The zero-order valence-corrected chi connectivity index (χ0v) is 13.8. The number of hydrogen-bond donors (Lipinski definition) is 0. The van der Waals surface area contributed by atoms with Crippen molar-refractivity contribution in [1.82, 2.24) is 0 Å². The predicted octanol–water partition coefficient (Wildman–Crippen LogP) is 5.46. The molecule has 1 saturated carbocycles. The lowest BCUT2D eigenvalue weighted by molar-refractivity contribution is -0.137. The molecular weight excluding hydrogens is 329 g/mol. The number of benzene rings is 2. The number of hydrogen-bond acceptors (Lipinski definition) is 2. The maximum Gasteiger partial charge on any atom is 0.416 e. The van der Waals surface area contributed by atoms with E-state index in [9.17, 15) is 22.8 Å². The highest BCUT2D eigenvalue weighted by Gasteiger charge is 2.44. The van der Waals surface area contributed by atoms with Crippen molar-refractivity contribution in [2.75, 3.05) is 0 Å². The van der Waals surface area contributed by atoms with E-state index < -0.39 is 11.7 Å². The minimum atomic E-state index is -4.39. The van der Waals surface area contributed by atoms with Crippen LogP contribution in [-0.4, -0.2) is 12.6 Å². The summed E-state index contributed by atoms with van der Waals surface area (Å²) in [6, 6.07) is 12.6. The van der Waals surface area contributed by atoms with Gasteiger partial charge in [-0.05, 0) is 42.4 Å². The van der Waals surface area contributed by atoms with Gasteiger partial charge in [-0.2, -0.15) is 13.2 Å². The third-order valence-corrected chi connectivity index (χ3v) is 4.54. The number of carbonyl (C=O) groups excluding carboxylic acids is 2. The zero-order chi connectivity index (χ0) is 18.5. The van der Waals surface area contributed by atoms with E-state index in [1.807, 2.05) is 25.1 Å². The van der Waals surface area contributed by atoms with Crippen LogP contribution in [0.25, 0.3) is 0 Å². The van der Waals surface area contributed by atoms with Gasteiger partial charge in [-0.1, -0.05) is 43.3 Å². The van der Waals surface area contributed by atoms with Crippen LogP contribution in [0.1, 0.15) is 58.0 Å². The normalized spacial score (nSPS) is 14.9. The van der Waals surface area contributed by atoms with Crippen LogP contribution in [0.15, 0.2) is 48.5 Å². The first-order chi connectivity index (χ1) is 11.9. The summed E-state index contributed by atoms with van der Waals surface area (Å²) in [5.41, 5.74) is 0.866. The van der Waals surface area contributed by atoms with Crippen LogP contribution >= 0.6 is 0 Å². The third-order valence-electron chi connectivity index (χ3n) is 4.54. The van der Waals surface area contributed by atoms with E-state index in [4.69, 9.17) is 0 Å². The molecule has 0 heterocycles. The third kappa shape index (κ3) is 4.56. The number of rotatable bonds is 4. The van der Waals surface area contributed by atoms with Gasteiger partial charge in [0, 0.05) is 11.1 Å². The summed E-state index contributed by atoms with van der Waals surface area (Å²) >= 11 is 0. The molecule has 2 nitrogen and oxygen atoms in total. The summed E-state index contributed by atoms with van der Waals surface area (Å²) < 4.78 is 37.5. The Hall–Kier alpha value is -2.43. The van der Waals surface area contributed by atoms with Gasteiger partial charge >= 0.3 is 6.18 Å². The Morgan fingerprint density at radius 1 is 1.00 bits per heavy atom. The van der Waals surface area contributed by atoms with E-state index in [0.717, 1.165) is 48.8 Å². The Morgan fingerprint density at radius 3 is 2.04 bits per heavy atom. The smallest absolute Gasteiger partial charge is 0.298 e. The monoisotopic (exact) mass is 348 g/mol. The van der Waals surface area contributed by atoms with E-state index in [1.54, 1.807) is 12.1 Å². The molecule has 0 saturated heterocycles. The first-order valence-electron chi connectivity index (χ1n) is 8.03. The lowest BCUT2D eigenvalue weighted by atomic mass is 9.88. The molecule has 0 aliphatic heterocycles. The number of alkyl halides is 3. The van der Waals surface area contributed by atoms with Crippen LogP contribution in [0.3, 0.4) is 0 Å². The summed E-state index contributed by atoms with van der Waals surface area (Å²) in [6.07, 6.45) is -0.260. The second kappa shape index (κ2) is 7.64. The second-order valence-electron chi connectivity index (χ2n) is 6.08. The fourth-order valence-electron chi connectivity index (χ4n) is 2.82. The van der Waals surface area contributed by atoms with Gasteiger partial charge in [-0.3, -0.25) is 9.59 Å². The Morgan fingerprint density at radius 2 is 1.64 bits per heavy atom. The van der Waals surface area contributed by atoms with Crippen molar-refractivity contribution in [3.8, 4) is 0 Å². The van der Waals surface area contributed by atoms with Crippen molar-refractivity contribution in [2.24, 2.45) is 0 Å². The molecule has 25 heavy (non-hydrogen) atoms. The summed E-state index contributed by atoms with van der Waals surface area (Å²) in [5, 5.41) is 0. The Kier molecular flexibility index (Phi) is 5.77. The van der Waals surface area contributed by atoms with Crippen molar-refractivity contribution in [1.29, 1.82) is 0 Å². The lowest BCUT2D eigenvalue weighted by Gasteiger charge is -2.17. The molecule has 3 rings (SSSR count). The van der Waals surface area contributed by atoms with Crippen molar-refractivity contribution >= 4 is 12.6 Å². The average Bonchev–Trinajstić information content (AvgIpc) is 3.43. The van der Waals surface area contributed by atoms with Crippen LogP contribution in [0.4, 0.5) is 13.2 Å². The van der Waals surface area contributed by atoms with E-state index in [0.29, 0.717) is 6.29 Å². The first-order valence-corrected chi connectivity index (χ1v) is 8.03. The minimum absolute atomic E-state index is 0.0552. The van der Waals surface area contributed by atoms with Crippen molar-refractivity contribution < 1.29 is 22.8 Å². The largest absolute Gasteiger partial charge is 0.416 e. The standard InChI is InChI=1S/C13H13F3O.C7H6O/c1-2-12(5-6-12)11-4-3-10(13(14,15)16)7-9(11)8-17;8-6-7-4-2-1-3-5-7/h3-4,7-8H,2,5-6H2,1H3;1-6H. The quantitative estimate of drug-likeness (QED) is 0.688. The average molecular weight is 348 g/mol. The molecule has 1 fully saturated rings. The van der Waals surface area contributed by atoms with Crippen LogP contribution < -0.4 is 0 Å². The molecule has 0 spiro atoms. The highest BCUT2D eigenvalue weighted by atomic mass is 19.4. The molecule has 1 aliphatic rings. The van der Waals surface area contributed by atoms with E-state index in [2.05, 4.69) is 0 Å². The Balaban J connectivity index is 0.000000236. The molecular formula is C20H19F3O2. The summed E-state index contributed by atoms with van der Waals surface area (Å²) in [4.78, 5) is 20.9. The molecule has 0 amide bonds. The van der Waals surface area contributed by atoms with E-state index >= 15 is 0 Å². The molecule has 0 unspecified atom stereocenters. The first kappa shape index (κ1) is 18.9. The molecule has 5 heteroatoms. The van der Waals surface area contributed by atoms with Crippen LogP contribution in [0.2, 0.25) is 0 Å². The molecule has 132 valence electrons. The van der Waals surface area contributed by atoms with Gasteiger partial charge in [0.2, 0.25) is 0 Å². The van der Waals surface area contributed by atoms with E-state index in [1.165, 1.54) is 6.07 Å². The SMILES string of the molecule is CCC1(c2ccc(C(F)(F)F)cc2C=O)CC1.O=Cc1ccccc1. The van der Waals surface area contributed by atoms with Gasteiger partial charge in [-0.25, -0.2) is 0 Å². The second-order valence-corrected chi connectivity index (χ2v) is 6.08. The molecule has 0 aromatic heterocycles. The van der Waals surface area contributed by atoms with Crippen molar-refractivity contribution in [3.05, 3.63) is 70.8 Å². The van der Waals surface area contributed by atoms with Crippen LogP contribution in [0.5, 0.6) is 0 Å². The van der Waals surface area contributed by atoms with E-state index in [-0.39, 0.29) is 11.0 Å². The van der Waals surface area contributed by atoms with Crippen LogP contribution in [0, 0.1) is 0 Å². The van der Waals surface area contributed by atoms with Gasteiger partial charge in [-0.15, -0.1) is 0 Å². The highest BCUT2D eigenvalue weighted by molar-refractivity contribution is 5.79. The fourth-order valence-corrected chi connectivity index (χ4v) is 2.82. The van der Waals surface area contributed by atoms with Gasteiger partial charge in [0.05, 0.1) is 5.56 Å². The van der Waals surface area contributed by atoms with Crippen molar-refractivity contribution in [2.45, 2.75) is 37.8 Å². The molecule has 0 atom stereocenters.